The van der Waals surface area contributed by atoms with Gasteiger partial charge in [0.25, 0.3) is 0 Å². The van der Waals surface area contributed by atoms with Crippen LogP contribution in [0.1, 0.15) is 18.4 Å². The minimum Gasteiger partial charge on any atom is -0.302 e. The summed E-state index contributed by atoms with van der Waals surface area (Å²) >= 11 is 5.06. The van der Waals surface area contributed by atoms with E-state index < -0.39 is 11.8 Å². The van der Waals surface area contributed by atoms with Gasteiger partial charge in [-0.25, -0.2) is 0 Å². The Bertz CT molecular complexity index is 613. The number of nitrogens with one attached hydrogen (secondary N) is 1. The fourth-order valence-electron chi connectivity index (χ4n) is 2.17. The van der Waals surface area contributed by atoms with Crippen LogP contribution in [0.5, 0.6) is 0 Å². The molecule has 3 rings (SSSR count). The number of nitrogens with zero attached hydrogens (tertiary/aromatic N) is 3. The number of hydrogen-bond acceptors (Lipinski definition) is 5. The molecular weight excluding hydrogens is 288 g/mol. The van der Waals surface area contributed by atoms with Gasteiger partial charge in [0.15, 0.2) is 11.0 Å². The topological polar surface area (TPSA) is 74.7 Å². The minimum atomic E-state index is -0.894. The summed E-state index contributed by atoms with van der Waals surface area (Å²) in [6, 6.07) is 3.84. The molecule has 1 saturated heterocycles. The van der Waals surface area contributed by atoms with Crippen LogP contribution in [0, 0.1) is 5.92 Å². The zero-order valence-corrected chi connectivity index (χ0v) is 12.0. The summed E-state index contributed by atoms with van der Waals surface area (Å²) in [6.07, 6.45) is 6.65. The number of pyridine rings is 1. The summed E-state index contributed by atoms with van der Waals surface area (Å²) in [5.41, 5.74) is 0.923. The second kappa shape index (κ2) is 5.69. The maximum atomic E-state index is 12.3. The molecule has 2 heterocycles. The van der Waals surface area contributed by atoms with Crippen LogP contribution in [0.25, 0.3) is 0 Å². The number of aliphatic imine (C=N–C) groups is 1. The quantitative estimate of drug-likeness (QED) is 0.504. The van der Waals surface area contributed by atoms with Gasteiger partial charge in [0.05, 0.1) is 6.54 Å². The molecule has 6 nitrogen and oxygen atoms in total. The van der Waals surface area contributed by atoms with E-state index in [1.807, 2.05) is 12.1 Å². The lowest BCUT2D eigenvalue weighted by molar-refractivity contribution is -0.138. The van der Waals surface area contributed by atoms with Crippen LogP contribution in [-0.2, 0) is 16.1 Å². The van der Waals surface area contributed by atoms with Crippen molar-refractivity contribution in [2.75, 3.05) is 0 Å². The van der Waals surface area contributed by atoms with Gasteiger partial charge in [0.1, 0.15) is 0 Å². The largest absolute Gasteiger partial charge is 0.302 e. The molecule has 1 N–H and O–H groups in total. The monoisotopic (exact) mass is 302 g/mol. The SMILES string of the molecule is O=C1NC(=S)N(C2CC2)C(=O)C1C=NCc1cccnc1. The highest BCUT2D eigenvalue weighted by Crippen LogP contribution is 2.29. The third kappa shape index (κ3) is 2.97. The first-order valence-electron chi connectivity index (χ1n) is 6.73. The summed E-state index contributed by atoms with van der Waals surface area (Å²) in [7, 11) is 0. The van der Waals surface area contributed by atoms with Gasteiger partial charge in [-0.15, -0.1) is 0 Å². The van der Waals surface area contributed by atoms with E-state index in [1.54, 1.807) is 12.4 Å². The first-order chi connectivity index (χ1) is 10.2. The van der Waals surface area contributed by atoms with Crippen LogP contribution in [0.15, 0.2) is 29.5 Å². The van der Waals surface area contributed by atoms with Crippen molar-refractivity contribution in [3.63, 3.8) is 0 Å². The van der Waals surface area contributed by atoms with Crippen molar-refractivity contribution in [3.8, 4) is 0 Å². The first-order valence-corrected chi connectivity index (χ1v) is 7.14. The molecule has 0 bridgehead atoms. The number of amides is 2. The molecule has 1 atom stereocenters. The highest BCUT2D eigenvalue weighted by molar-refractivity contribution is 7.80. The number of hydrogen-bond donors (Lipinski definition) is 1. The Morgan fingerprint density at radius 3 is 2.95 bits per heavy atom. The molecule has 21 heavy (non-hydrogen) atoms. The van der Waals surface area contributed by atoms with Crippen molar-refractivity contribution < 1.29 is 9.59 Å². The predicted octanol–water partition coefficient (Wildman–Crippen LogP) is 0.674. The lowest BCUT2D eigenvalue weighted by Crippen LogP contribution is -2.58. The van der Waals surface area contributed by atoms with E-state index in [0.717, 1.165) is 18.4 Å². The molecule has 1 saturated carbocycles. The van der Waals surface area contributed by atoms with Crippen molar-refractivity contribution in [1.29, 1.82) is 0 Å². The molecule has 1 aliphatic heterocycles. The highest BCUT2D eigenvalue weighted by atomic mass is 32.1. The molecule has 7 heteroatoms. The van der Waals surface area contributed by atoms with Gasteiger partial charge >= 0.3 is 0 Å². The van der Waals surface area contributed by atoms with Gasteiger partial charge < -0.3 is 5.32 Å². The van der Waals surface area contributed by atoms with Gasteiger partial charge in [-0.1, -0.05) is 6.07 Å². The molecule has 108 valence electrons. The molecule has 0 aromatic carbocycles. The second-order valence-corrected chi connectivity index (χ2v) is 5.45. The first kappa shape index (κ1) is 13.8. The van der Waals surface area contributed by atoms with E-state index in [4.69, 9.17) is 12.2 Å². The molecule has 1 aliphatic carbocycles. The smallest absolute Gasteiger partial charge is 0.247 e. The van der Waals surface area contributed by atoms with E-state index in [0.29, 0.717) is 6.54 Å². The highest BCUT2D eigenvalue weighted by Gasteiger charge is 2.44. The van der Waals surface area contributed by atoms with Gasteiger partial charge in [-0.3, -0.25) is 24.5 Å². The standard InChI is InChI=1S/C14H14N4O2S/c19-12-11(8-16-7-9-2-1-5-15-6-9)13(20)18(10-3-4-10)14(21)17-12/h1-2,5-6,8,10-11H,3-4,7H2,(H,17,19,21). The summed E-state index contributed by atoms with van der Waals surface area (Å²) in [6.45, 7) is 0.388. The summed E-state index contributed by atoms with van der Waals surface area (Å²) in [4.78, 5) is 33.9. The van der Waals surface area contributed by atoms with Crippen LogP contribution in [0.3, 0.4) is 0 Å². The van der Waals surface area contributed by atoms with Crippen LogP contribution < -0.4 is 5.32 Å². The van der Waals surface area contributed by atoms with Crippen molar-refractivity contribution in [1.82, 2.24) is 15.2 Å². The molecule has 1 unspecified atom stereocenters. The lowest BCUT2D eigenvalue weighted by Gasteiger charge is -2.30. The molecule has 0 spiro atoms. The predicted molar refractivity (Wildman–Crippen MR) is 80.5 cm³/mol. The van der Waals surface area contributed by atoms with E-state index >= 15 is 0 Å². The Balaban J connectivity index is 1.69. The van der Waals surface area contributed by atoms with E-state index in [9.17, 15) is 9.59 Å². The summed E-state index contributed by atoms with van der Waals surface area (Å²) in [5, 5.41) is 2.79. The number of carbonyl (C=O) groups is 2. The van der Waals surface area contributed by atoms with Crippen molar-refractivity contribution >= 4 is 35.4 Å². The molecular formula is C14H14N4O2S. The minimum absolute atomic E-state index is 0.139. The molecule has 1 aromatic heterocycles. The fourth-order valence-corrected chi connectivity index (χ4v) is 2.51. The third-order valence-electron chi connectivity index (χ3n) is 3.40. The maximum Gasteiger partial charge on any atom is 0.247 e. The average Bonchev–Trinajstić information content (AvgIpc) is 3.28. The van der Waals surface area contributed by atoms with Gasteiger partial charge in [-0.05, 0) is 36.7 Å². The number of aromatic nitrogens is 1. The van der Waals surface area contributed by atoms with Crippen molar-refractivity contribution in [3.05, 3.63) is 30.1 Å². The zero-order valence-electron chi connectivity index (χ0n) is 11.2. The molecule has 2 amide bonds. The molecule has 2 aliphatic rings. The molecule has 1 aromatic rings. The number of rotatable bonds is 4. The van der Waals surface area contributed by atoms with Crippen LogP contribution >= 0.6 is 12.2 Å². The Morgan fingerprint density at radius 1 is 1.48 bits per heavy atom. The van der Waals surface area contributed by atoms with E-state index in [-0.39, 0.29) is 17.1 Å². The normalized spacial score (nSPS) is 22.8. The van der Waals surface area contributed by atoms with Crippen LogP contribution in [-0.4, -0.2) is 39.1 Å². The third-order valence-corrected chi connectivity index (χ3v) is 3.70. The number of carbonyl (C=O) groups excluding carboxylic acids is 2. The van der Waals surface area contributed by atoms with Crippen molar-refractivity contribution in [2.45, 2.75) is 25.4 Å². The van der Waals surface area contributed by atoms with Gasteiger partial charge in [0, 0.05) is 24.7 Å². The molecule has 2 fully saturated rings. The lowest BCUT2D eigenvalue weighted by atomic mass is 10.1. The van der Waals surface area contributed by atoms with Crippen LogP contribution in [0.2, 0.25) is 0 Å². The summed E-state index contributed by atoms with van der Waals surface area (Å²) in [5.74, 6) is -1.58. The average molecular weight is 302 g/mol. The Kier molecular flexibility index (Phi) is 3.74. The Labute approximate surface area is 127 Å². The van der Waals surface area contributed by atoms with Crippen LogP contribution in [0.4, 0.5) is 0 Å². The van der Waals surface area contributed by atoms with Gasteiger partial charge in [-0.2, -0.15) is 0 Å². The van der Waals surface area contributed by atoms with E-state index in [1.165, 1.54) is 11.1 Å². The van der Waals surface area contributed by atoms with Crippen molar-refractivity contribution in [2.24, 2.45) is 10.9 Å². The second-order valence-electron chi connectivity index (χ2n) is 5.06. The fraction of sp³-hybridized carbons (Fsp3) is 0.357. The van der Waals surface area contributed by atoms with E-state index in [2.05, 4.69) is 15.3 Å². The Hall–Kier alpha value is -2.15. The Morgan fingerprint density at radius 2 is 2.29 bits per heavy atom. The summed E-state index contributed by atoms with van der Waals surface area (Å²) < 4.78 is 0. The maximum absolute atomic E-state index is 12.3. The number of thiocarbonyl (C=S) groups is 1. The molecule has 0 radical (unpaired) electrons. The van der Waals surface area contributed by atoms with Gasteiger partial charge in [0.2, 0.25) is 11.8 Å². The zero-order chi connectivity index (χ0) is 14.8.